The van der Waals surface area contributed by atoms with Gasteiger partial charge in [0.2, 0.25) is 0 Å². The first kappa shape index (κ1) is 12.9. The molecule has 0 bridgehead atoms. The Morgan fingerprint density at radius 1 is 1.36 bits per heavy atom. The fourth-order valence-corrected chi connectivity index (χ4v) is 1.16. The van der Waals surface area contributed by atoms with Crippen LogP contribution in [0.25, 0.3) is 0 Å². The van der Waals surface area contributed by atoms with Crippen molar-refractivity contribution in [3.63, 3.8) is 0 Å². The van der Waals surface area contributed by atoms with Crippen LogP contribution in [-0.2, 0) is 9.59 Å². The van der Waals surface area contributed by atoms with Gasteiger partial charge in [-0.1, -0.05) is 6.92 Å². The molecule has 0 aromatic carbocycles. The molecule has 0 aromatic rings. The summed E-state index contributed by atoms with van der Waals surface area (Å²) in [5, 5.41) is 17.5. The molecule has 0 aliphatic heterocycles. The molecule has 0 aliphatic carbocycles. The van der Waals surface area contributed by atoms with Crippen molar-refractivity contribution in [1.82, 2.24) is 4.90 Å². The van der Waals surface area contributed by atoms with Gasteiger partial charge in [0.1, 0.15) is 5.54 Å². The predicted molar refractivity (Wildman–Crippen MR) is 51.2 cm³/mol. The van der Waals surface area contributed by atoms with Gasteiger partial charge in [-0.3, -0.25) is 14.5 Å². The summed E-state index contributed by atoms with van der Waals surface area (Å²) in [5.41, 5.74) is -1.09. The molecule has 0 saturated carbocycles. The van der Waals surface area contributed by atoms with Crippen LogP contribution < -0.4 is 0 Å². The number of hydrogen-bond donors (Lipinski definition) is 2. The van der Waals surface area contributed by atoms with Gasteiger partial charge in [0, 0.05) is 6.42 Å². The van der Waals surface area contributed by atoms with Crippen LogP contribution >= 0.6 is 0 Å². The lowest BCUT2D eigenvalue weighted by atomic mass is 9.94. The van der Waals surface area contributed by atoms with Crippen molar-refractivity contribution in [2.75, 3.05) is 13.6 Å². The van der Waals surface area contributed by atoms with E-state index >= 15 is 0 Å². The minimum Gasteiger partial charge on any atom is -0.481 e. The Bertz CT molecular complexity index is 229. The highest BCUT2D eigenvalue weighted by molar-refractivity contribution is 5.79. The third-order valence-corrected chi connectivity index (χ3v) is 2.60. The monoisotopic (exact) mass is 203 g/mol. The number of carbonyl (C=O) groups is 2. The zero-order valence-electron chi connectivity index (χ0n) is 8.78. The number of nitrogens with zero attached hydrogens (tertiary/aromatic N) is 1. The van der Waals surface area contributed by atoms with Gasteiger partial charge >= 0.3 is 11.9 Å². The summed E-state index contributed by atoms with van der Waals surface area (Å²) in [4.78, 5) is 23.0. The molecular weight excluding hydrogens is 186 g/mol. The molecule has 0 rings (SSSR count). The van der Waals surface area contributed by atoms with Crippen LogP contribution in [0.1, 0.15) is 26.7 Å². The SMILES string of the molecule is CCN(C)[C@@](C)(CCC(=O)O)C(=O)O. The standard InChI is InChI=1S/C9H17NO4/c1-4-10(3)9(2,8(13)14)6-5-7(11)12/h4-6H2,1-3H3,(H,11,12)(H,13,14)/t9-/m0/s1. The smallest absolute Gasteiger partial charge is 0.323 e. The molecule has 5 heteroatoms. The molecule has 0 aliphatic rings. The molecule has 0 saturated heterocycles. The first-order valence-electron chi connectivity index (χ1n) is 4.51. The molecule has 0 heterocycles. The van der Waals surface area contributed by atoms with Gasteiger partial charge in [-0.2, -0.15) is 0 Å². The molecule has 5 nitrogen and oxygen atoms in total. The van der Waals surface area contributed by atoms with E-state index in [-0.39, 0.29) is 12.8 Å². The molecule has 14 heavy (non-hydrogen) atoms. The first-order valence-corrected chi connectivity index (χ1v) is 4.51. The summed E-state index contributed by atoms with van der Waals surface area (Å²) in [5.74, 6) is -1.95. The molecule has 0 aromatic heterocycles. The summed E-state index contributed by atoms with van der Waals surface area (Å²) in [7, 11) is 1.68. The van der Waals surface area contributed by atoms with E-state index in [1.54, 1.807) is 18.9 Å². The molecule has 82 valence electrons. The fraction of sp³-hybridized carbons (Fsp3) is 0.778. The molecule has 0 spiro atoms. The Morgan fingerprint density at radius 2 is 1.86 bits per heavy atom. The number of hydrogen-bond acceptors (Lipinski definition) is 3. The highest BCUT2D eigenvalue weighted by Crippen LogP contribution is 2.20. The third kappa shape index (κ3) is 2.99. The van der Waals surface area contributed by atoms with Gasteiger partial charge in [-0.15, -0.1) is 0 Å². The Morgan fingerprint density at radius 3 is 2.14 bits per heavy atom. The Balaban J connectivity index is 4.55. The zero-order chi connectivity index (χ0) is 11.4. The van der Waals surface area contributed by atoms with Crippen LogP contribution in [-0.4, -0.2) is 46.2 Å². The molecule has 1 atom stereocenters. The van der Waals surface area contributed by atoms with Crippen LogP contribution in [0.3, 0.4) is 0 Å². The van der Waals surface area contributed by atoms with Crippen molar-refractivity contribution in [3.05, 3.63) is 0 Å². The number of likely N-dealkylation sites (N-methyl/N-ethyl adjacent to an activating group) is 1. The predicted octanol–water partition coefficient (Wildman–Crippen LogP) is 0.646. The van der Waals surface area contributed by atoms with Gasteiger partial charge in [0.25, 0.3) is 0 Å². The van der Waals surface area contributed by atoms with E-state index < -0.39 is 17.5 Å². The average molecular weight is 203 g/mol. The Hall–Kier alpha value is -1.10. The second-order valence-corrected chi connectivity index (χ2v) is 3.49. The van der Waals surface area contributed by atoms with E-state index in [1.165, 1.54) is 0 Å². The van der Waals surface area contributed by atoms with Crippen LogP contribution in [0, 0.1) is 0 Å². The van der Waals surface area contributed by atoms with Crippen molar-refractivity contribution in [2.45, 2.75) is 32.2 Å². The quantitative estimate of drug-likeness (QED) is 0.662. The average Bonchev–Trinajstić information content (AvgIpc) is 2.12. The number of rotatable bonds is 6. The lowest BCUT2D eigenvalue weighted by molar-refractivity contribution is -0.151. The normalized spacial score (nSPS) is 15.1. The van der Waals surface area contributed by atoms with E-state index in [1.807, 2.05) is 6.92 Å². The van der Waals surface area contributed by atoms with Crippen molar-refractivity contribution in [3.8, 4) is 0 Å². The lowest BCUT2D eigenvalue weighted by Crippen LogP contribution is -2.50. The van der Waals surface area contributed by atoms with Crippen molar-refractivity contribution >= 4 is 11.9 Å². The van der Waals surface area contributed by atoms with E-state index in [2.05, 4.69) is 0 Å². The van der Waals surface area contributed by atoms with Crippen LogP contribution in [0.4, 0.5) is 0 Å². The minimum atomic E-state index is -1.09. The summed E-state index contributed by atoms with van der Waals surface area (Å²) in [6, 6.07) is 0. The minimum absolute atomic E-state index is 0.113. The molecule has 0 unspecified atom stereocenters. The molecule has 0 fully saturated rings. The second kappa shape index (κ2) is 4.95. The summed E-state index contributed by atoms with van der Waals surface area (Å²) < 4.78 is 0. The highest BCUT2D eigenvalue weighted by atomic mass is 16.4. The summed E-state index contributed by atoms with van der Waals surface area (Å²) in [6.45, 7) is 3.95. The number of carboxylic acids is 2. The van der Waals surface area contributed by atoms with Crippen LogP contribution in [0.5, 0.6) is 0 Å². The van der Waals surface area contributed by atoms with E-state index in [0.29, 0.717) is 6.54 Å². The van der Waals surface area contributed by atoms with Gasteiger partial charge in [0.15, 0.2) is 0 Å². The van der Waals surface area contributed by atoms with Gasteiger partial charge in [0.05, 0.1) is 0 Å². The molecule has 2 N–H and O–H groups in total. The van der Waals surface area contributed by atoms with Gasteiger partial charge in [-0.05, 0) is 26.9 Å². The maximum atomic E-state index is 11.0. The molecule has 0 radical (unpaired) electrons. The number of aliphatic carboxylic acids is 2. The Labute approximate surface area is 83.3 Å². The number of carboxylic acid groups (broad SMARTS) is 2. The van der Waals surface area contributed by atoms with Gasteiger partial charge in [-0.25, -0.2) is 0 Å². The van der Waals surface area contributed by atoms with Gasteiger partial charge < -0.3 is 10.2 Å². The third-order valence-electron chi connectivity index (χ3n) is 2.60. The first-order chi connectivity index (χ1) is 6.34. The maximum absolute atomic E-state index is 11.0. The van der Waals surface area contributed by atoms with E-state index in [0.717, 1.165) is 0 Å². The molecular formula is C9H17NO4. The maximum Gasteiger partial charge on any atom is 0.323 e. The Kier molecular flexibility index (Phi) is 4.56. The van der Waals surface area contributed by atoms with Crippen molar-refractivity contribution in [1.29, 1.82) is 0 Å². The second-order valence-electron chi connectivity index (χ2n) is 3.49. The molecule has 0 amide bonds. The lowest BCUT2D eigenvalue weighted by Gasteiger charge is -2.33. The van der Waals surface area contributed by atoms with Crippen molar-refractivity contribution in [2.24, 2.45) is 0 Å². The van der Waals surface area contributed by atoms with Crippen LogP contribution in [0.2, 0.25) is 0 Å². The fourth-order valence-electron chi connectivity index (χ4n) is 1.16. The zero-order valence-corrected chi connectivity index (χ0v) is 8.78. The van der Waals surface area contributed by atoms with E-state index in [4.69, 9.17) is 10.2 Å². The topological polar surface area (TPSA) is 77.8 Å². The highest BCUT2D eigenvalue weighted by Gasteiger charge is 2.36. The van der Waals surface area contributed by atoms with Crippen molar-refractivity contribution < 1.29 is 19.8 Å². The van der Waals surface area contributed by atoms with E-state index in [9.17, 15) is 9.59 Å². The van der Waals surface area contributed by atoms with Crippen LogP contribution in [0.15, 0.2) is 0 Å². The summed E-state index contributed by atoms with van der Waals surface area (Å²) in [6.07, 6.45) is -0.0187. The summed E-state index contributed by atoms with van der Waals surface area (Å²) >= 11 is 0. The largest absolute Gasteiger partial charge is 0.481 e.